The highest BCUT2D eigenvalue weighted by Crippen LogP contribution is 2.26. The first-order chi connectivity index (χ1) is 7.40. The average molecular weight is 244 g/mol. The highest BCUT2D eigenvalue weighted by atomic mass is 32.2. The molecule has 0 unspecified atom stereocenters. The molecule has 3 N–H and O–H groups in total. The minimum Gasteiger partial charge on any atom is -0.353 e. The molecule has 0 spiro atoms. The lowest BCUT2D eigenvalue weighted by Crippen LogP contribution is -2.43. The van der Waals surface area contributed by atoms with Crippen LogP contribution in [0.15, 0.2) is 0 Å². The molecule has 1 saturated carbocycles. The summed E-state index contributed by atoms with van der Waals surface area (Å²) in [5, 5.41) is 3.88. The highest BCUT2D eigenvalue weighted by molar-refractivity contribution is 7.99. The molecule has 1 fully saturated rings. The lowest BCUT2D eigenvalue weighted by molar-refractivity contribution is -0.122. The number of hydrogen-bond acceptors (Lipinski definition) is 3. The third-order valence-electron chi connectivity index (χ3n) is 2.99. The molecule has 0 aromatic rings. The molecule has 0 radical (unpaired) electrons. The normalized spacial score (nSPS) is 26.5. The first-order valence-electron chi connectivity index (χ1n) is 6.02. The van der Waals surface area contributed by atoms with Crippen LogP contribution in [0.5, 0.6) is 0 Å². The van der Waals surface area contributed by atoms with Gasteiger partial charge in [-0.25, -0.2) is 0 Å². The lowest BCUT2D eigenvalue weighted by atomic mass is 9.94. The van der Waals surface area contributed by atoms with Crippen LogP contribution < -0.4 is 11.1 Å². The number of nitrogens with two attached hydrogens (primary N) is 1. The van der Waals surface area contributed by atoms with Crippen molar-refractivity contribution in [1.82, 2.24) is 5.32 Å². The lowest BCUT2D eigenvalue weighted by Gasteiger charge is -2.29. The van der Waals surface area contributed by atoms with Crippen LogP contribution in [0, 0.1) is 0 Å². The van der Waals surface area contributed by atoms with E-state index in [0.717, 1.165) is 18.1 Å². The van der Waals surface area contributed by atoms with Crippen molar-refractivity contribution in [3.05, 3.63) is 0 Å². The smallest absolute Gasteiger partial charge is 0.222 e. The highest BCUT2D eigenvalue weighted by Gasteiger charge is 2.23. The number of carbonyl (C=O) groups is 1. The largest absolute Gasteiger partial charge is 0.353 e. The summed E-state index contributed by atoms with van der Waals surface area (Å²) in [5.74, 6) is 0.0973. The maximum absolute atomic E-state index is 11.7. The predicted octanol–water partition coefficient (Wildman–Crippen LogP) is 1.90. The summed E-state index contributed by atoms with van der Waals surface area (Å²) >= 11 is 1.94. The Morgan fingerprint density at radius 1 is 1.38 bits per heavy atom. The molecule has 3 nitrogen and oxygen atoms in total. The quantitative estimate of drug-likeness (QED) is 0.794. The Bertz CT molecular complexity index is 230. The van der Waals surface area contributed by atoms with E-state index < -0.39 is 5.54 Å². The van der Waals surface area contributed by atoms with Gasteiger partial charge in [-0.3, -0.25) is 4.79 Å². The second-order valence-electron chi connectivity index (χ2n) is 5.44. The van der Waals surface area contributed by atoms with Gasteiger partial charge in [0, 0.05) is 23.3 Å². The van der Waals surface area contributed by atoms with Gasteiger partial charge in [0.05, 0.1) is 0 Å². The summed E-state index contributed by atoms with van der Waals surface area (Å²) < 4.78 is 0. The molecule has 0 aromatic carbocycles. The number of hydrogen-bond donors (Lipinski definition) is 2. The van der Waals surface area contributed by atoms with E-state index in [1.165, 1.54) is 12.8 Å². The summed E-state index contributed by atoms with van der Waals surface area (Å²) in [5.41, 5.74) is 5.42. The van der Waals surface area contributed by atoms with Crippen molar-refractivity contribution in [2.45, 2.75) is 62.8 Å². The molecule has 0 bridgehead atoms. The number of carbonyl (C=O) groups excluding carboxylic acids is 1. The van der Waals surface area contributed by atoms with Crippen LogP contribution in [0.1, 0.15) is 46.0 Å². The van der Waals surface area contributed by atoms with E-state index in [1.807, 2.05) is 25.6 Å². The summed E-state index contributed by atoms with van der Waals surface area (Å²) in [4.78, 5) is 11.7. The minimum atomic E-state index is -0.402. The van der Waals surface area contributed by atoms with Gasteiger partial charge in [0.25, 0.3) is 0 Å². The van der Waals surface area contributed by atoms with Crippen LogP contribution in [-0.2, 0) is 4.79 Å². The van der Waals surface area contributed by atoms with Gasteiger partial charge in [-0.05, 0) is 45.8 Å². The van der Waals surface area contributed by atoms with Crippen molar-refractivity contribution in [2.24, 2.45) is 5.73 Å². The van der Waals surface area contributed by atoms with Crippen molar-refractivity contribution < 1.29 is 4.79 Å². The molecule has 0 aliphatic heterocycles. The summed E-state index contributed by atoms with van der Waals surface area (Å²) in [7, 11) is 0. The minimum absolute atomic E-state index is 0.0973. The Morgan fingerprint density at radius 3 is 2.38 bits per heavy atom. The molecule has 0 aromatic heterocycles. The number of amides is 1. The van der Waals surface area contributed by atoms with Gasteiger partial charge in [-0.2, -0.15) is 11.8 Å². The van der Waals surface area contributed by atoms with Crippen LogP contribution in [0.4, 0.5) is 0 Å². The second kappa shape index (κ2) is 5.92. The van der Waals surface area contributed by atoms with Gasteiger partial charge in [0.15, 0.2) is 0 Å². The van der Waals surface area contributed by atoms with Crippen LogP contribution in [-0.4, -0.2) is 29.0 Å². The third kappa shape index (κ3) is 5.21. The molecule has 1 aliphatic rings. The molecule has 16 heavy (non-hydrogen) atoms. The van der Waals surface area contributed by atoms with Crippen molar-refractivity contribution in [1.29, 1.82) is 0 Å². The zero-order chi connectivity index (χ0) is 12.2. The van der Waals surface area contributed by atoms with Gasteiger partial charge in [-0.15, -0.1) is 0 Å². The summed E-state index contributed by atoms with van der Waals surface area (Å²) in [6.45, 7) is 3.77. The Labute approximate surface area is 103 Å². The fourth-order valence-electron chi connectivity index (χ4n) is 2.14. The number of nitrogens with one attached hydrogen (secondary N) is 1. The van der Waals surface area contributed by atoms with Crippen LogP contribution >= 0.6 is 11.8 Å². The maximum Gasteiger partial charge on any atom is 0.222 e. The Kier molecular flexibility index (Phi) is 5.12. The molecule has 0 atom stereocenters. The van der Waals surface area contributed by atoms with Gasteiger partial charge in [-0.1, -0.05) is 0 Å². The maximum atomic E-state index is 11.7. The Morgan fingerprint density at radius 2 is 1.94 bits per heavy atom. The van der Waals surface area contributed by atoms with Crippen molar-refractivity contribution in [3.63, 3.8) is 0 Å². The van der Waals surface area contributed by atoms with Crippen LogP contribution in [0.3, 0.4) is 0 Å². The molecule has 0 saturated heterocycles. The monoisotopic (exact) mass is 244 g/mol. The van der Waals surface area contributed by atoms with E-state index in [4.69, 9.17) is 5.73 Å². The first-order valence-corrected chi connectivity index (χ1v) is 7.30. The van der Waals surface area contributed by atoms with Crippen molar-refractivity contribution in [3.8, 4) is 0 Å². The molecule has 94 valence electrons. The number of rotatable bonds is 4. The van der Waals surface area contributed by atoms with Crippen molar-refractivity contribution in [2.75, 3.05) is 6.26 Å². The van der Waals surface area contributed by atoms with Gasteiger partial charge >= 0.3 is 0 Å². The molecule has 1 rings (SSSR count). The Balaban J connectivity index is 2.26. The van der Waals surface area contributed by atoms with Gasteiger partial charge in [0.1, 0.15) is 0 Å². The van der Waals surface area contributed by atoms with E-state index in [9.17, 15) is 4.79 Å². The van der Waals surface area contributed by atoms with Gasteiger partial charge < -0.3 is 11.1 Å². The predicted molar refractivity (Wildman–Crippen MR) is 70.6 cm³/mol. The van der Waals surface area contributed by atoms with E-state index in [2.05, 4.69) is 11.6 Å². The zero-order valence-electron chi connectivity index (χ0n) is 10.6. The van der Waals surface area contributed by atoms with E-state index in [-0.39, 0.29) is 5.91 Å². The fraction of sp³-hybridized carbons (Fsp3) is 0.917. The van der Waals surface area contributed by atoms with Crippen LogP contribution in [0.2, 0.25) is 0 Å². The summed E-state index contributed by atoms with van der Waals surface area (Å²) in [6.07, 6.45) is 7.25. The molecular formula is C12H24N2OS. The van der Waals surface area contributed by atoms with Crippen LogP contribution in [0.25, 0.3) is 0 Å². The zero-order valence-corrected chi connectivity index (χ0v) is 11.4. The molecule has 1 aliphatic carbocycles. The fourth-order valence-corrected chi connectivity index (χ4v) is 2.88. The SMILES string of the molecule is CSC1CCC(NC(=O)CC(C)(C)N)CC1. The van der Waals surface area contributed by atoms with Gasteiger partial charge in [0.2, 0.25) is 5.91 Å². The van der Waals surface area contributed by atoms with E-state index >= 15 is 0 Å². The topological polar surface area (TPSA) is 55.1 Å². The average Bonchev–Trinajstić information content (AvgIpc) is 2.16. The molecule has 4 heteroatoms. The Hall–Kier alpha value is -0.220. The molecule has 0 heterocycles. The van der Waals surface area contributed by atoms with E-state index in [1.54, 1.807) is 0 Å². The third-order valence-corrected chi connectivity index (χ3v) is 4.13. The van der Waals surface area contributed by atoms with Crippen molar-refractivity contribution >= 4 is 17.7 Å². The van der Waals surface area contributed by atoms with E-state index in [0.29, 0.717) is 12.5 Å². The second-order valence-corrected chi connectivity index (χ2v) is 6.58. The standard InChI is InChI=1S/C12H24N2OS/c1-12(2,13)8-11(15)14-9-4-6-10(16-3)7-5-9/h9-10H,4-8,13H2,1-3H3,(H,14,15). The number of thioether (sulfide) groups is 1. The molecule has 1 amide bonds. The summed E-state index contributed by atoms with van der Waals surface area (Å²) in [6, 6.07) is 0.373. The first kappa shape index (κ1) is 13.8. The molecular weight excluding hydrogens is 220 g/mol.